The van der Waals surface area contributed by atoms with Crippen LogP contribution in [0.25, 0.3) is 0 Å². The van der Waals surface area contributed by atoms with Crippen molar-refractivity contribution in [1.82, 2.24) is 0 Å². The molecule has 1 aromatic rings. The van der Waals surface area contributed by atoms with Crippen molar-refractivity contribution in [3.05, 3.63) is 30.3 Å². The number of hydrogen-bond acceptors (Lipinski definition) is 1. The van der Waals surface area contributed by atoms with Crippen LogP contribution < -0.4 is 5.32 Å². The van der Waals surface area contributed by atoms with Gasteiger partial charge in [-0.2, -0.15) is 10.5 Å². The molecule has 0 aromatic heterocycles. The molecule has 0 aliphatic heterocycles. The second-order valence-electron chi connectivity index (χ2n) is 2.78. The summed E-state index contributed by atoms with van der Waals surface area (Å²) in [7, 11) is 0.298. The summed E-state index contributed by atoms with van der Waals surface area (Å²) in [6, 6.07) is 10.3. The van der Waals surface area contributed by atoms with Crippen molar-refractivity contribution in [2.24, 2.45) is 0 Å². The van der Waals surface area contributed by atoms with Crippen LogP contribution in [0, 0.1) is 0 Å². The fourth-order valence-electron chi connectivity index (χ4n) is 0.926. The Kier molecular flexibility index (Phi) is 3.88. The number of hydrogen-bond donors (Lipinski definition) is 1. The summed E-state index contributed by atoms with van der Waals surface area (Å²) in [5.41, 5.74) is 1.20. The molecule has 1 rings (SSSR count). The zero-order valence-electron chi connectivity index (χ0n) is 7.42. The molecule has 0 aliphatic rings. The Bertz CT molecular complexity index is 243. The van der Waals surface area contributed by atoms with E-state index in [0.717, 1.165) is 12.3 Å². The molecular formula is C10H15NS. The Hall–Kier alpha value is -0.760. The molecule has 1 unspecified atom stereocenters. The van der Waals surface area contributed by atoms with E-state index in [0.29, 0.717) is 10.5 Å². The molecule has 0 heterocycles. The van der Waals surface area contributed by atoms with Crippen LogP contribution in [-0.2, 0) is 0 Å². The maximum atomic E-state index is 3.96. The number of nitrogens with one attached hydrogen (secondary N) is 1. The Morgan fingerprint density at radius 1 is 1.33 bits per heavy atom. The molecule has 1 N–H and O–H groups in total. The van der Waals surface area contributed by atoms with Gasteiger partial charge in [0, 0.05) is 18.0 Å². The van der Waals surface area contributed by atoms with E-state index in [-0.39, 0.29) is 0 Å². The van der Waals surface area contributed by atoms with Gasteiger partial charge < -0.3 is 5.32 Å². The van der Waals surface area contributed by atoms with Crippen LogP contribution in [0.1, 0.15) is 0 Å². The third kappa shape index (κ3) is 3.58. The molecule has 0 fully saturated rings. The summed E-state index contributed by atoms with van der Waals surface area (Å²) < 4.78 is 0. The average Bonchev–Trinajstić information content (AvgIpc) is 2.05. The van der Waals surface area contributed by atoms with Crippen molar-refractivity contribution >= 4 is 22.0 Å². The molecule has 1 aromatic carbocycles. The van der Waals surface area contributed by atoms with Gasteiger partial charge in [0.25, 0.3) is 0 Å². The molecule has 12 heavy (non-hydrogen) atoms. The summed E-state index contributed by atoms with van der Waals surface area (Å²) >= 11 is 0. The van der Waals surface area contributed by atoms with Gasteiger partial charge in [-0.25, -0.2) is 0 Å². The molecule has 0 saturated heterocycles. The molecule has 0 radical (unpaired) electrons. The van der Waals surface area contributed by atoms with Crippen LogP contribution in [0.15, 0.2) is 30.3 Å². The van der Waals surface area contributed by atoms with Crippen LogP contribution >= 0.6 is 10.5 Å². The lowest BCUT2D eigenvalue weighted by Crippen LogP contribution is -2.03. The second-order valence-corrected chi connectivity index (χ2v) is 4.75. The van der Waals surface area contributed by atoms with Gasteiger partial charge in [0.2, 0.25) is 0 Å². The number of benzene rings is 1. The van der Waals surface area contributed by atoms with Crippen molar-refractivity contribution in [2.45, 2.75) is 0 Å². The lowest BCUT2D eigenvalue weighted by Gasteiger charge is -2.05. The van der Waals surface area contributed by atoms with Crippen LogP contribution in [0.5, 0.6) is 0 Å². The first-order valence-electron chi connectivity index (χ1n) is 4.00. The summed E-state index contributed by atoms with van der Waals surface area (Å²) in [6.07, 6.45) is 2.16. The van der Waals surface area contributed by atoms with Gasteiger partial charge in [0.1, 0.15) is 0 Å². The van der Waals surface area contributed by atoms with Crippen molar-refractivity contribution in [1.29, 1.82) is 0 Å². The number of anilines is 1. The zero-order valence-corrected chi connectivity index (χ0v) is 8.23. The van der Waals surface area contributed by atoms with Crippen LogP contribution in [0.4, 0.5) is 5.69 Å². The third-order valence-electron chi connectivity index (χ3n) is 1.55. The standard InChI is InChI=1S/C10H15NS/c1-12(2)9-8-11-10-6-4-3-5-7-10/h3-7,11H,1,8-9H2,2H3. The largest absolute Gasteiger partial charge is 0.384 e. The van der Waals surface area contributed by atoms with Crippen LogP contribution in [-0.4, -0.2) is 24.4 Å². The predicted molar refractivity (Wildman–Crippen MR) is 60.4 cm³/mol. The molecule has 0 aliphatic carbocycles. The van der Waals surface area contributed by atoms with Crippen LogP contribution in [0.2, 0.25) is 0 Å². The minimum absolute atomic E-state index is 0.298. The van der Waals surface area contributed by atoms with E-state index in [1.54, 1.807) is 0 Å². The van der Waals surface area contributed by atoms with Gasteiger partial charge >= 0.3 is 0 Å². The van der Waals surface area contributed by atoms with Gasteiger partial charge in [-0.05, 0) is 18.4 Å². The Balaban J connectivity index is 2.29. The predicted octanol–water partition coefficient (Wildman–Crippen LogP) is 2.43. The normalized spacial score (nSPS) is 12.4. The van der Waals surface area contributed by atoms with Gasteiger partial charge in [0.05, 0.1) is 0 Å². The third-order valence-corrected chi connectivity index (χ3v) is 2.45. The zero-order chi connectivity index (χ0) is 8.81. The maximum Gasteiger partial charge on any atom is 0.0340 e. The van der Waals surface area contributed by atoms with Gasteiger partial charge in [0.15, 0.2) is 0 Å². The first kappa shape index (κ1) is 9.33. The average molecular weight is 181 g/mol. The first-order valence-corrected chi connectivity index (χ1v) is 5.97. The Morgan fingerprint density at radius 3 is 2.58 bits per heavy atom. The highest BCUT2D eigenvalue weighted by atomic mass is 32.2. The van der Waals surface area contributed by atoms with E-state index >= 15 is 0 Å². The molecule has 2 heteroatoms. The van der Waals surface area contributed by atoms with E-state index in [2.05, 4.69) is 29.6 Å². The van der Waals surface area contributed by atoms with Crippen molar-refractivity contribution < 1.29 is 0 Å². The maximum absolute atomic E-state index is 3.96. The van der Waals surface area contributed by atoms with E-state index in [1.165, 1.54) is 5.69 Å². The second kappa shape index (κ2) is 4.99. The first-order chi connectivity index (χ1) is 5.79. The molecule has 66 valence electrons. The lowest BCUT2D eigenvalue weighted by atomic mass is 10.3. The molecule has 0 amide bonds. The van der Waals surface area contributed by atoms with Crippen molar-refractivity contribution in [3.63, 3.8) is 0 Å². The molecule has 0 saturated carbocycles. The van der Waals surface area contributed by atoms with Crippen molar-refractivity contribution in [3.8, 4) is 0 Å². The van der Waals surface area contributed by atoms with E-state index in [1.807, 2.05) is 18.2 Å². The van der Waals surface area contributed by atoms with Crippen LogP contribution in [0.3, 0.4) is 0 Å². The quantitative estimate of drug-likeness (QED) is 0.703. The SMILES string of the molecule is C=S(C)CCNc1ccccc1. The summed E-state index contributed by atoms with van der Waals surface area (Å²) in [6.45, 7) is 1.02. The molecular weight excluding hydrogens is 166 g/mol. The van der Waals surface area contributed by atoms with E-state index in [4.69, 9.17) is 0 Å². The number of rotatable bonds is 4. The highest BCUT2D eigenvalue weighted by Gasteiger charge is 1.88. The summed E-state index contributed by atoms with van der Waals surface area (Å²) in [4.78, 5) is 0. The Labute approximate surface area is 76.7 Å². The molecule has 0 bridgehead atoms. The molecule has 0 spiro atoms. The topological polar surface area (TPSA) is 12.0 Å². The number of para-hydroxylation sites is 1. The van der Waals surface area contributed by atoms with Gasteiger partial charge in [-0.3, -0.25) is 0 Å². The molecule has 1 atom stereocenters. The molecule has 1 nitrogen and oxygen atoms in total. The smallest absolute Gasteiger partial charge is 0.0340 e. The fraction of sp³-hybridized carbons (Fsp3) is 0.300. The van der Waals surface area contributed by atoms with Gasteiger partial charge in [-0.1, -0.05) is 24.1 Å². The van der Waals surface area contributed by atoms with E-state index in [9.17, 15) is 0 Å². The van der Waals surface area contributed by atoms with Crippen molar-refractivity contribution in [2.75, 3.05) is 23.9 Å². The van der Waals surface area contributed by atoms with E-state index < -0.39 is 0 Å². The Morgan fingerprint density at radius 2 is 2.00 bits per heavy atom. The fourth-order valence-corrected chi connectivity index (χ4v) is 1.38. The highest BCUT2D eigenvalue weighted by molar-refractivity contribution is 8.13. The minimum Gasteiger partial charge on any atom is -0.384 e. The summed E-state index contributed by atoms with van der Waals surface area (Å²) in [5, 5.41) is 3.34. The minimum atomic E-state index is 0.298. The highest BCUT2D eigenvalue weighted by Crippen LogP contribution is 2.06. The van der Waals surface area contributed by atoms with Gasteiger partial charge in [-0.15, -0.1) is 0 Å². The summed E-state index contributed by atoms with van der Waals surface area (Å²) in [5.74, 6) is 5.11. The lowest BCUT2D eigenvalue weighted by molar-refractivity contribution is 1.23. The monoisotopic (exact) mass is 181 g/mol.